The Morgan fingerprint density at radius 1 is 1.00 bits per heavy atom. The number of hydrogen-bond donors (Lipinski definition) is 3. The number of aliphatic imine (C=N–C) groups is 1. The van der Waals surface area contributed by atoms with Crippen molar-refractivity contribution >= 4 is 23.5 Å². The summed E-state index contributed by atoms with van der Waals surface area (Å²) in [6, 6.07) is 13.4. The molecule has 7 heteroatoms. The third-order valence-corrected chi connectivity index (χ3v) is 3.37. The predicted molar refractivity (Wildman–Crippen MR) is 100 cm³/mol. The molecule has 0 aliphatic rings. The molecular formula is C19H22N4O3. The largest absolute Gasteiger partial charge is 0.457 e. The molecule has 0 spiro atoms. The smallest absolute Gasteiger partial charge is 0.338 e. The fourth-order valence-electron chi connectivity index (χ4n) is 2.15. The highest BCUT2D eigenvalue weighted by Crippen LogP contribution is 2.14. The van der Waals surface area contributed by atoms with Crippen molar-refractivity contribution in [2.45, 2.75) is 26.5 Å². The topological polar surface area (TPSA) is 120 Å². The third kappa shape index (κ3) is 5.62. The quantitative estimate of drug-likeness (QED) is 0.417. The average Bonchev–Trinajstić information content (AvgIpc) is 2.59. The van der Waals surface area contributed by atoms with Crippen LogP contribution in [0.5, 0.6) is 0 Å². The van der Waals surface area contributed by atoms with E-state index in [1.54, 1.807) is 48.5 Å². The Labute approximate surface area is 152 Å². The standard InChI is InChI=1S/C19H22N4O3/c1-12(2)22-17(24)14-5-3-13(4-6-14)11-26-18(25)15-7-9-16(10-8-15)23-19(20)21/h3-10,12H,11H2,1-2H3,(H,22,24)(H4,20,21,23). The minimum Gasteiger partial charge on any atom is -0.457 e. The first kappa shape index (κ1) is 19.0. The van der Waals surface area contributed by atoms with Gasteiger partial charge in [-0.1, -0.05) is 12.1 Å². The summed E-state index contributed by atoms with van der Waals surface area (Å²) in [5.74, 6) is -0.641. The predicted octanol–water partition coefficient (Wildman–Crippen LogP) is 2.09. The fourth-order valence-corrected chi connectivity index (χ4v) is 2.15. The molecule has 0 aromatic heterocycles. The number of nitrogens with zero attached hydrogens (tertiary/aromatic N) is 1. The number of carbonyl (C=O) groups is 2. The summed E-state index contributed by atoms with van der Waals surface area (Å²) in [6.45, 7) is 3.91. The molecule has 0 aliphatic carbocycles. The normalized spacial score (nSPS) is 10.3. The molecule has 26 heavy (non-hydrogen) atoms. The van der Waals surface area contributed by atoms with Crippen molar-refractivity contribution in [3.63, 3.8) is 0 Å². The molecule has 0 bridgehead atoms. The maximum absolute atomic E-state index is 12.1. The van der Waals surface area contributed by atoms with Gasteiger partial charge < -0.3 is 21.5 Å². The van der Waals surface area contributed by atoms with Crippen LogP contribution in [0.25, 0.3) is 0 Å². The molecule has 1 amide bonds. The molecule has 0 fully saturated rings. The van der Waals surface area contributed by atoms with Gasteiger partial charge in [0.2, 0.25) is 0 Å². The number of hydrogen-bond acceptors (Lipinski definition) is 4. The second-order valence-corrected chi connectivity index (χ2v) is 5.98. The molecule has 136 valence electrons. The van der Waals surface area contributed by atoms with E-state index in [1.165, 1.54) is 0 Å². The molecule has 7 nitrogen and oxygen atoms in total. The monoisotopic (exact) mass is 354 g/mol. The van der Waals surface area contributed by atoms with Crippen molar-refractivity contribution < 1.29 is 14.3 Å². The van der Waals surface area contributed by atoms with Gasteiger partial charge in [-0.05, 0) is 55.8 Å². The average molecular weight is 354 g/mol. The summed E-state index contributed by atoms with van der Waals surface area (Å²) in [5.41, 5.74) is 12.9. The van der Waals surface area contributed by atoms with E-state index in [1.807, 2.05) is 13.8 Å². The van der Waals surface area contributed by atoms with Gasteiger partial charge in [0, 0.05) is 11.6 Å². The molecule has 2 aromatic carbocycles. The lowest BCUT2D eigenvalue weighted by Gasteiger charge is -2.09. The summed E-state index contributed by atoms with van der Waals surface area (Å²) in [4.78, 5) is 27.8. The Hall–Kier alpha value is -3.35. The Kier molecular flexibility index (Phi) is 6.32. The molecule has 2 rings (SSSR count). The molecule has 0 saturated carbocycles. The number of amides is 1. The van der Waals surface area contributed by atoms with Crippen LogP contribution in [0.2, 0.25) is 0 Å². The molecular weight excluding hydrogens is 332 g/mol. The summed E-state index contributed by atoms with van der Waals surface area (Å²) in [6.07, 6.45) is 0. The summed E-state index contributed by atoms with van der Waals surface area (Å²) < 4.78 is 5.28. The number of guanidine groups is 1. The van der Waals surface area contributed by atoms with E-state index >= 15 is 0 Å². The van der Waals surface area contributed by atoms with Crippen LogP contribution in [0.3, 0.4) is 0 Å². The molecule has 0 aliphatic heterocycles. The van der Waals surface area contributed by atoms with Crippen molar-refractivity contribution in [3.8, 4) is 0 Å². The maximum Gasteiger partial charge on any atom is 0.338 e. The van der Waals surface area contributed by atoms with Crippen LogP contribution in [0, 0.1) is 0 Å². The lowest BCUT2D eigenvalue weighted by Crippen LogP contribution is -2.29. The summed E-state index contributed by atoms with van der Waals surface area (Å²) in [5, 5.41) is 2.82. The van der Waals surface area contributed by atoms with Gasteiger partial charge in [0.1, 0.15) is 6.61 Å². The highest BCUT2D eigenvalue weighted by atomic mass is 16.5. The van der Waals surface area contributed by atoms with E-state index < -0.39 is 5.97 Å². The first-order valence-corrected chi connectivity index (χ1v) is 8.12. The second-order valence-electron chi connectivity index (χ2n) is 5.98. The van der Waals surface area contributed by atoms with Gasteiger partial charge in [-0.3, -0.25) is 4.79 Å². The van der Waals surface area contributed by atoms with Crippen LogP contribution in [0.1, 0.15) is 40.1 Å². The Bertz CT molecular complexity index is 793. The van der Waals surface area contributed by atoms with Crippen molar-refractivity contribution in [3.05, 3.63) is 65.2 Å². The Morgan fingerprint density at radius 2 is 1.58 bits per heavy atom. The van der Waals surface area contributed by atoms with Crippen LogP contribution in [-0.2, 0) is 11.3 Å². The molecule has 2 aromatic rings. The molecule has 0 atom stereocenters. The first-order valence-electron chi connectivity index (χ1n) is 8.12. The number of carbonyl (C=O) groups excluding carboxylic acids is 2. The highest BCUT2D eigenvalue weighted by molar-refractivity contribution is 5.94. The lowest BCUT2D eigenvalue weighted by atomic mass is 10.1. The fraction of sp³-hybridized carbons (Fsp3) is 0.211. The van der Waals surface area contributed by atoms with Gasteiger partial charge in [-0.25, -0.2) is 9.79 Å². The highest BCUT2D eigenvalue weighted by Gasteiger charge is 2.09. The zero-order chi connectivity index (χ0) is 19.1. The van der Waals surface area contributed by atoms with Gasteiger partial charge in [-0.2, -0.15) is 0 Å². The van der Waals surface area contributed by atoms with Gasteiger partial charge in [0.25, 0.3) is 5.91 Å². The Balaban J connectivity index is 1.92. The SMILES string of the molecule is CC(C)NC(=O)c1ccc(COC(=O)c2ccc(N=C(N)N)cc2)cc1. The zero-order valence-corrected chi connectivity index (χ0v) is 14.7. The first-order chi connectivity index (χ1) is 12.3. The van der Waals surface area contributed by atoms with Gasteiger partial charge >= 0.3 is 5.97 Å². The number of nitrogens with two attached hydrogens (primary N) is 2. The summed E-state index contributed by atoms with van der Waals surface area (Å²) in [7, 11) is 0. The van der Waals surface area contributed by atoms with Crippen LogP contribution in [-0.4, -0.2) is 23.9 Å². The molecule has 5 N–H and O–H groups in total. The van der Waals surface area contributed by atoms with Crippen LogP contribution in [0.4, 0.5) is 5.69 Å². The van der Waals surface area contributed by atoms with E-state index in [9.17, 15) is 9.59 Å². The van der Waals surface area contributed by atoms with Crippen molar-refractivity contribution in [2.24, 2.45) is 16.5 Å². The van der Waals surface area contributed by atoms with E-state index in [4.69, 9.17) is 16.2 Å². The molecule has 0 unspecified atom stereocenters. The van der Waals surface area contributed by atoms with E-state index in [-0.39, 0.29) is 24.5 Å². The van der Waals surface area contributed by atoms with Crippen molar-refractivity contribution in [2.75, 3.05) is 0 Å². The zero-order valence-electron chi connectivity index (χ0n) is 14.7. The third-order valence-electron chi connectivity index (χ3n) is 3.37. The van der Waals surface area contributed by atoms with Gasteiger partial charge in [-0.15, -0.1) is 0 Å². The maximum atomic E-state index is 12.1. The van der Waals surface area contributed by atoms with E-state index in [0.29, 0.717) is 16.8 Å². The lowest BCUT2D eigenvalue weighted by molar-refractivity contribution is 0.0472. The van der Waals surface area contributed by atoms with Crippen LogP contribution in [0.15, 0.2) is 53.5 Å². The van der Waals surface area contributed by atoms with Gasteiger partial charge in [0.05, 0.1) is 11.3 Å². The number of benzene rings is 2. The summed E-state index contributed by atoms with van der Waals surface area (Å²) >= 11 is 0. The molecule has 0 saturated heterocycles. The molecule has 0 radical (unpaired) electrons. The van der Waals surface area contributed by atoms with E-state index in [0.717, 1.165) is 5.56 Å². The number of rotatable bonds is 6. The minimum absolute atomic E-state index is 0.0501. The molecule has 0 heterocycles. The number of ether oxygens (including phenoxy) is 1. The number of esters is 1. The number of nitrogens with one attached hydrogen (secondary N) is 1. The van der Waals surface area contributed by atoms with E-state index in [2.05, 4.69) is 10.3 Å². The second kappa shape index (κ2) is 8.66. The Morgan fingerprint density at radius 3 is 2.12 bits per heavy atom. The van der Waals surface area contributed by atoms with Crippen molar-refractivity contribution in [1.29, 1.82) is 0 Å². The van der Waals surface area contributed by atoms with Gasteiger partial charge in [0.15, 0.2) is 5.96 Å². The van der Waals surface area contributed by atoms with Crippen LogP contribution < -0.4 is 16.8 Å². The van der Waals surface area contributed by atoms with Crippen molar-refractivity contribution in [1.82, 2.24) is 5.32 Å². The minimum atomic E-state index is -0.456. The van der Waals surface area contributed by atoms with Crippen LogP contribution >= 0.6 is 0 Å².